The van der Waals surface area contributed by atoms with Gasteiger partial charge in [-0.3, -0.25) is 24.1 Å². The van der Waals surface area contributed by atoms with E-state index in [1.54, 1.807) is 19.2 Å². The fraction of sp³-hybridized carbons (Fsp3) is 0.500. The van der Waals surface area contributed by atoms with Gasteiger partial charge in [0.1, 0.15) is 12.3 Å². The summed E-state index contributed by atoms with van der Waals surface area (Å²) in [6, 6.07) is 7.19. The van der Waals surface area contributed by atoms with Gasteiger partial charge >= 0.3 is 5.97 Å². The molecule has 3 rings (SSSR count). The van der Waals surface area contributed by atoms with Gasteiger partial charge in [0.2, 0.25) is 11.8 Å². The quantitative estimate of drug-likeness (QED) is 0.553. The molecule has 3 amide bonds. The van der Waals surface area contributed by atoms with Crippen molar-refractivity contribution in [3.8, 4) is 5.75 Å². The van der Waals surface area contributed by atoms with Crippen LogP contribution < -0.4 is 10.1 Å². The van der Waals surface area contributed by atoms with E-state index >= 15 is 0 Å². The maximum atomic E-state index is 12.3. The molecule has 150 valence electrons. The van der Waals surface area contributed by atoms with Crippen LogP contribution in [-0.4, -0.2) is 48.9 Å². The molecular formula is C20H24N2O6. The third kappa shape index (κ3) is 4.49. The van der Waals surface area contributed by atoms with Crippen LogP contribution in [0.3, 0.4) is 0 Å². The zero-order valence-corrected chi connectivity index (χ0v) is 15.8. The Hall–Kier alpha value is -2.90. The van der Waals surface area contributed by atoms with Crippen LogP contribution in [0.25, 0.3) is 0 Å². The minimum Gasteiger partial charge on any atom is -0.497 e. The number of ether oxygens (including phenoxy) is 2. The third-order valence-corrected chi connectivity index (χ3v) is 5.23. The minimum atomic E-state index is -0.764. The normalized spacial score (nSPS) is 21.2. The lowest BCUT2D eigenvalue weighted by Gasteiger charge is -2.19. The molecule has 28 heavy (non-hydrogen) atoms. The van der Waals surface area contributed by atoms with Gasteiger partial charge in [-0.05, 0) is 30.5 Å². The van der Waals surface area contributed by atoms with E-state index in [-0.39, 0.29) is 30.2 Å². The number of likely N-dealkylation sites (tertiary alicyclic amines) is 1. The van der Waals surface area contributed by atoms with Gasteiger partial charge in [-0.2, -0.15) is 0 Å². The lowest BCUT2D eigenvalue weighted by molar-refractivity contribution is -0.154. The van der Waals surface area contributed by atoms with Gasteiger partial charge in [0.05, 0.1) is 18.9 Å². The van der Waals surface area contributed by atoms with Crippen molar-refractivity contribution in [2.75, 3.05) is 20.3 Å². The summed E-state index contributed by atoms with van der Waals surface area (Å²) in [4.78, 5) is 49.5. The number of fused-ring (bicyclic) bond motifs is 1. The summed E-state index contributed by atoms with van der Waals surface area (Å²) in [6.45, 7) is -0.610. The molecule has 1 aliphatic carbocycles. The number of nitrogens with zero attached hydrogens (tertiary/aromatic N) is 1. The number of carbonyl (C=O) groups excluding carboxylic acids is 4. The highest BCUT2D eigenvalue weighted by molar-refractivity contribution is 6.07. The van der Waals surface area contributed by atoms with E-state index in [1.807, 2.05) is 12.1 Å². The van der Waals surface area contributed by atoms with E-state index < -0.39 is 25.0 Å². The van der Waals surface area contributed by atoms with Crippen molar-refractivity contribution in [2.24, 2.45) is 11.8 Å². The number of rotatable bonds is 7. The molecule has 0 aromatic heterocycles. The molecule has 8 heteroatoms. The van der Waals surface area contributed by atoms with E-state index in [1.165, 1.54) is 0 Å². The Morgan fingerprint density at radius 3 is 2.25 bits per heavy atom. The van der Waals surface area contributed by atoms with Crippen LogP contribution in [0.4, 0.5) is 0 Å². The first-order chi connectivity index (χ1) is 13.5. The number of benzene rings is 1. The maximum absolute atomic E-state index is 12.3. The fourth-order valence-electron chi connectivity index (χ4n) is 3.70. The molecule has 1 aliphatic heterocycles. The summed E-state index contributed by atoms with van der Waals surface area (Å²) in [5, 5.41) is 2.64. The summed E-state index contributed by atoms with van der Waals surface area (Å²) >= 11 is 0. The second-order valence-electron chi connectivity index (χ2n) is 7.05. The molecule has 1 aromatic carbocycles. The van der Waals surface area contributed by atoms with Crippen molar-refractivity contribution in [2.45, 2.75) is 32.2 Å². The molecule has 2 aliphatic rings. The monoisotopic (exact) mass is 388 g/mol. The zero-order chi connectivity index (χ0) is 20.1. The molecule has 1 N–H and O–H groups in total. The first-order valence-electron chi connectivity index (χ1n) is 9.40. The summed E-state index contributed by atoms with van der Waals surface area (Å²) in [7, 11) is 1.57. The van der Waals surface area contributed by atoms with Crippen molar-refractivity contribution in [1.82, 2.24) is 10.2 Å². The second kappa shape index (κ2) is 8.86. The lowest BCUT2D eigenvalue weighted by atomic mass is 9.81. The number of hydrogen-bond acceptors (Lipinski definition) is 6. The van der Waals surface area contributed by atoms with Crippen LogP contribution in [-0.2, 0) is 30.5 Å². The SMILES string of the molecule is COc1ccc(CNC(=O)COC(=O)CN2C(=O)[C@@H]3CCCC[C@H]3C2=O)cc1. The number of esters is 1. The molecule has 0 radical (unpaired) electrons. The zero-order valence-electron chi connectivity index (χ0n) is 15.8. The average molecular weight is 388 g/mol. The summed E-state index contributed by atoms with van der Waals surface area (Å²) in [6.07, 6.45) is 3.22. The third-order valence-electron chi connectivity index (χ3n) is 5.23. The van der Waals surface area contributed by atoms with Crippen molar-refractivity contribution < 1.29 is 28.7 Å². The first-order valence-corrected chi connectivity index (χ1v) is 9.40. The van der Waals surface area contributed by atoms with Gasteiger partial charge < -0.3 is 14.8 Å². The summed E-state index contributed by atoms with van der Waals surface area (Å²) < 4.78 is 9.99. The molecule has 0 unspecified atom stereocenters. The van der Waals surface area contributed by atoms with E-state index in [2.05, 4.69) is 5.32 Å². The van der Waals surface area contributed by atoms with Gasteiger partial charge in [-0.15, -0.1) is 0 Å². The summed E-state index contributed by atoms with van der Waals surface area (Å²) in [5.41, 5.74) is 0.872. The highest BCUT2D eigenvalue weighted by Gasteiger charge is 2.48. The van der Waals surface area contributed by atoms with Gasteiger partial charge in [0.15, 0.2) is 6.61 Å². The van der Waals surface area contributed by atoms with Crippen LogP contribution in [0, 0.1) is 11.8 Å². The van der Waals surface area contributed by atoms with E-state index in [0.29, 0.717) is 12.8 Å². The predicted octanol–water partition coefficient (Wildman–Crippen LogP) is 1.03. The van der Waals surface area contributed by atoms with Crippen LogP contribution in [0.15, 0.2) is 24.3 Å². The second-order valence-corrected chi connectivity index (χ2v) is 7.05. The fourth-order valence-corrected chi connectivity index (χ4v) is 3.70. The largest absolute Gasteiger partial charge is 0.497 e. The Bertz CT molecular complexity index is 736. The number of methoxy groups -OCH3 is 1. The molecule has 8 nitrogen and oxygen atoms in total. The van der Waals surface area contributed by atoms with Crippen LogP contribution in [0.1, 0.15) is 31.2 Å². The lowest BCUT2D eigenvalue weighted by Crippen LogP contribution is -2.38. The number of imide groups is 1. The van der Waals surface area contributed by atoms with Crippen LogP contribution >= 0.6 is 0 Å². The van der Waals surface area contributed by atoms with Crippen LogP contribution in [0.2, 0.25) is 0 Å². The minimum absolute atomic E-state index is 0.285. The molecule has 2 atom stereocenters. The Morgan fingerprint density at radius 1 is 1.07 bits per heavy atom. The number of amides is 3. The Kier molecular flexibility index (Phi) is 6.28. The van der Waals surface area contributed by atoms with Gasteiger partial charge in [-0.25, -0.2) is 0 Å². The molecule has 1 heterocycles. The Balaban J connectivity index is 1.41. The van der Waals surface area contributed by atoms with E-state index in [4.69, 9.17) is 9.47 Å². The number of carbonyl (C=O) groups is 4. The molecule has 2 fully saturated rings. The molecule has 1 aromatic rings. The molecule has 1 saturated carbocycles. The maximum Gasteiger partial charge on any atom is 0.326 e. The smallest absolute Gasteiger partial charge is 0.326 e. The van der Waals surface area contributed by atoms with Gasteiger partial charge in [0, 0.05) is 6.54 Å². The Morgan fingerprint density at radius 2 is 1.68 bits per heavy atom. The Labute approximate surface area is 163 Å². The van der Waals surface area contributed by atoms with Crippen molar-refractivity contribution >= 4 is 23.7 Å². The molecule has 0 spiro atoms. The predicted molar refractivity (Wildman–Crippen MR) is 98.0 cm³/mol. The first kappa shape index (κ1) is 19.9. The summed E-state index contributed by atoms with van der Waals surface area (Å²) in [5.74, 6) is -1.71. The highest BCUT2D eigenvalue weighted by atomic mass is 16.5. The van der Waals surface area contributed by atoms with Gasteiger partial charge in [-0.1, -0.05) is 25.0 Å². The van der Waals surface area contributed by atoms with Crippen molar-refractivity contribution in [1.29, 1.82) is 0 Å². The topological polar surface area (TPSA) is 102 Å². The molecule has 1 saturated heterocycles. The van der Waals surface area contributed by atoms with E-state index in [9.17, 15) is 19.2 Å². The van der Waals surface area contributed by atoms with Crippen molar-refractivity contribution in [3.05, 3.63) is 29.8 Å². The number of nitrogens with one attached hydrogen (secondary N) is 1. The number of hydrogen-bond donors (Lipinski definition) is 1. The van der Waals surface area contributed by atoms with Crippen LogP contribution in [0.5, 0.6) is 5.75 Å². The highest BCUT2D eigenvalue weighted by Crippen LogP contribution is 2.37. The standard InChI is InChI=1S/C20H24N2O6/c1-27-14-8-6-13(7-9-14)10-21-17(23)12-28-18(24)11-22-19(25)15-4-2-3-5-16(15)20(22)26/h6-9,15-16H,2-5,10-12H2,1H3,(H,21,23)/t15-,16-/m1/s1. The van der Waals surface area contributed by atoms with E-state index in [0.717, 1.165) is 29.1 Å². The average Bonchev–Trinajstić information content (AvgIpc) is 2.96. The van der Waals surface area contributed by atoms with Crippen molar-refractivity contribution in [3.63, 3.8) is 0 Å². The van der Waals surface area contributed by atoms with Gasteiger partial charge in [0.25, 0.3) is 5.91 Å². The molecule has 0 bridgehead atoms. The molecular weight excluding hydrogens is 364 g/mol.